The van der Waals surface area contributed by atoms with E-state index in [0.29, 0.717) is 12.1 Å². The van der Waals surface area contributed by atoms with E-state index in [0.717, 1.165) is 6.54 Å². The summed E-state index contributed by atoms with van der Waals surface area (Å²) in [5, 5.41) is 6.23. The van der Waals surface area contributed by atoms with Gasteiger partial charge in [-0.2, -0.15) is 0 Å². The van der Waals surface area contributed by atoms with E-state index in [9.17, 15) is 4.79 Å². The number of likely N-dealkylation sites (N-methyl/N-ethyl adjacent to an activating group) is 2. The number of carbonyl (C=O) groups excluding carboxylic acids is 1. The van der Waals surface area contributed by atoms with Gasteiger partial charge in [0.2, 0.25) is 5.91 Å². The zero-order valence-corrected chi connectivity index (χ0v) is 11.6. The van der Waals surface area contributed by atoms with Gasteiger partial charge in [0.25, 0.3) is 0 Å². The van der Waals surface area contributed by atoms with Gasteiger partial charge >= 0.3 is 0 Å². The molecule has 4 heteroatoms. The van der Waals surface area contributed by atoms with Crippen LogP contribution in [0.15, 0.2) is 0 Å². The Hall–Kier alpha value is -0.610. The van der Waals surface area contributed by atoms with Crippen LogP contribution in [0.3, 0.4) is 0 Å². The minimum absolute atomic E-state index is 0.0271. The van der Waals surface area contributed by atoms with Crippen LogP contribution >= 0.6 is 0 Å². The second-order valence-corrected chi connectivity index (χ2v) is 5.02. The maximum absolute atomic E-state index is 11.6. The molecule has 1 rings (SSSR count). The summed E-state index contributed by atoms with van der Waals surface area (Å²) in [6, 6.07) is 1.21. The second-order valence-electron chi connectivity index (χ2n) is 5.02. The number of amides is 1. The van der Waals surface area contributed by atoms with Crippen LogP contribution in [0, 0.1) is 0 Å². The molecule has 1 atom stereocenters. The molecule has 0 aliphatic heterocycles. The number of nitrogens with zero attached hydrogens (tertiary/aromatic N) is 1. The highest BCUT2D eigenvalue weighted by Gasteiger charge is 2.28. The molecule has 0 radical (unpaired) electrons. The van der Waals surface area contributed by atoms with Crippen LogP contribution in [0.1, 0.15) is 39.5 Å². The first-order valence-corrected chi connectivity index (χ1v) is 6.77. The van der Waals surface area contributed by atoms with Crippen LogP contribution in [0.2, 0.25) is 0 Å². The quantitative estimate of drug-likeness (QED) is 0.754. The molecule has 0 spiro atoms. The van der Waals surface area contributed by atoms with Crippen molar-refractivity contribution in [1.29, 1.82) is 0 Å². The highest BCUT2D eigenvalue weighted by Crippen LogP contribution is 2.23. The fourth-order valence-corrected chi connectivity index (χ4v) is 2.69. The van der Waals surface area contributed by atoms with Crippen molar-refractivity contribution >= 4 is 5.91 Å². The fourth-order valence-electron chi connectivity index (χ4n) is 2.69. The number of rotatable bonds is 5. The summed E-state index contributed by atoms with van der Waals surface area (Å²) < 4.78 is 0. The summed E-state index contributed by atoms with van der Waals surface area (Å²) in [7, 11) is 3.77. The monoisotopic (exact) mass is 241 g/mol. The van der Waals surface area contributed by atoms with Gasteiger partial charge in [-0.25, -0.2) is 0 Å². The molecular formula is C13H27N3O. The van der Waals surface area contributed by atoms with Crippen molar-refractivity contribution < 1.29 is 4.79 Å². The molecule has 0 aromatic carbocycles. The summed E-state index contributed by atoms with van der Waals surface area (Å²) in [5.41, 5.74) is 0. The van der Waals surface area contributed by atoms with Crippen molar-refractivity contribution in [3.05, 3.63) is 0 Å². The molecule has 100 valence electrons. The summed E-state index contributed by atoms with van der Waals surface area (Å²) in [6.07, 6.45) is 4.83. The first kappa shape index (κ1) is 14.5. The molecule has 1 unspecified atom stereocenters. The van der Waals surface area contributed by atoms with Crippen LogP contribution in [-0.4, -0.2) is 49.6 Å². The number of hydrogen-bond acceptors (Lipinski definition) is 3. The Morgan fingerprint density at radius 3 is 2.41 bits per heavy atom. The van der Waals surface area contributed by atoms with Gasteiger partial charge in [-0.1, -0.05) is 6.92 Å². The Morgan fingerprint density at radius 1 is 1.35 bits per heavy atom. The van der Waals surface area contributed by atoms with Gasteiger partial charge in [0.15, 0.2) is 0 Å². The molecule has 17 heavy (non-hydrogen) atoms. The third-order valence-electron chi connectivity index (χ3n) is 4.00. The Balaban J connectivity index is 2.40. The molecule has 1 aliphatic carbocycles. The third-order valence-corrected chi connectivity index (χ3v) is 4.00. The molecule has 1 amide bonds. The van der Waals surface area contributed by atoms with Gasteiger partial charge in [0.1, 0.15) is 0 Å². The van der Waals surface area contributed by atoms with Crippen LogP contribution in [0.25, 0.3) is 0 Å². The van der Waals surface area contributed by atoms with E-state index in [4.69, 9.17) is 0 Å². The standard InChI is InChI=1S/C13H27N3O/c1-5-15-11-6-8-12(9-7-11)16(4)10(2)13(17)14-3/h10-12,15H,5-9H2,1-4H3,(H,14,17). The van der Waals surface area contributed by atoms with Gasteiger partial charge in [-0.05, 0) is 46.2 Å². The smallest absolute Gasteiger partial charge is 0.236 e. The van der Waals surface area contributed by atoms with Crippen molar-refractivity contribution in [2.24, 2.45) is 0 Å². The SMILES string of the molecule is CCNC1CCC(N(C)C(C)C(=O)NC)CC1. The molecule has 0 aromatic rings. The number of hydrogen-bond donors (Lipinski definition) is 2. The predicted molar refractivity (Wildman–Crippen MR) is 71.0 cm³/mol. The van der Waals surface area contributed by atoms with Gasteiger partial charge in [-0.3, -0.25) is 9.69 Å². The maximum atomic E-state index is 11.6. The van der Waals surface area contributed by atoms with Gasteiger partial charge < -0.3 is 10.6 Å². The average molecular weight is 241 g/mol. The van der Waals surface area contributed by atoms with Crippen LogP contribution in [0.4, 0.5) is 0 Å². The number of carbonyl (C=O) groups is 1. The lowest BCUT2D eigenvalue weighted by Crippen LogP contribution is -2.49. The second kappa shape index (κ2) is 6.97. The lowest BCUT2D eigenvalue weighted by atomic mass is 9.89. The minimum Gasteiger partial charge on any atom is -0.358 e. The Kier molecular flexibility index (Phi) is 5.92. The summed E-state index contributed by atoms with van der Waals surface area (Å²) in [4.78, 5) is 13.8. The van der Waals surface area contributed by atoms with Crippen molar-refractivity contribution in [3.63, 3.8) is 0 Å². The van der Waals surface area contributed by atoms with Gasteiger partial charge in [-0.15, -0.1) is 0 Å². The molecule has 2 N–H and O–H groups in total. The summed E-state index contributed by atoms with van der Waals surface area (Å²) in [5.74, 6) is 0.112. The van der Waals surface area contributed by atoms with E-state index in [-0.39, 0.29) is 11.9 Å². The first-order valence-electron chi connectivity index (χ1n) is 6.77. The highest BCUT2D eigenvalue weighted by molar-refractivity contribution is 5.80. The Morgan fingerprint density at radius 2 is 1.94 bits per heavy atom. The molecule has 0 bridgehead atoms. The first-order chi connectivity index (χ1) is 8.10. The highest BCUT2D eigenvalue weighted by atomic mass is 16.2. The van der Waals surface area contributed by atoms with Crippen molar-refractivity contribution in [1.82, 2.24) is 15.5 Å². The van der Waals surface area contributed by atoms with E-state index in [1.807, 2.05) is 6.92 Å². The Bertz CT molecular complexity index is 237. The third kappa shape index (κ3) is 3.96. The molecule has 0 saturated heterocycles. The van der Waals surface area contributed by atoms with Gasteiger partial charge in [0, 0.05) is 19.1 Å². The van der Waals surface area contributed by atoms with Crippen molar-refractivity contribution in [2.45, 2.75) is 57.7 Å². The fraction of sp³-hybridized carbons (Fsp3) is 0.923. The average Bonchev–Trinajstić information content (AvgIpc) is 2.37. The van der Waals surface area contributed by atoms with Crippen molar-refractivity contribution in [3.8, 4) is 0 Å². The summed E-state index contributed by atoms with van der Waals surface area (Å²) >= 11 is 0. The molecule has 0 heterocycles. The van der Waals surface area contributed by atoms with Crippen LogP contribution in [-0.2, 0) is 4.79 Å². The van der Waals surface area contributed by atoms with E-state index in [2.05, 4.69) is 29.5 Å². The van der Waals surface area contributed by atoms with Crippen molar-refractivity contribution in [2.75, 3.05) is 20.6 Å². The van der Waals surface area contributed by atoms with E-state index in [1.165, 1.54) is 25.7 Å². The molecule has 1 saturated carbocycles. The molecule has 0 aromatic heterocycles. The molecule has 1 aliphatic rings. The van der Waals surface area contributed by atoms with E-state index in [1.54, 1.807) is 7.05 Å². The minimum atomic E-state index is -0.0271. The number of nitrogens with one attached hydrogen (secondary N) is 2. The largest absolute Gasteiger partial charge is 0.358 e. The lowest BCUT2D eigenvalue weighted by molar-refractivity contribution is -0.125. The topological polar surface area (TPSA) is 44.4 Å². The predicted octanol–water partition coefficient (Wildman–Crippen LogP) is 0.973. The van der Waals surface area contributed by atoms with Gasteiger partial charge in [0.05, 0.1) is 6.04 Å². The van der Waals surface area contributed by atoms with Crippen LogP contribution < -0.4 is 10.6 Å². The normalized spacial score (nSPS) is 26.9. The summed E-state index contributed by atoms with van der Waals surface area (Å²) in [6.45, 7) is 5.20. The molecular weight excluding hydrogens is 214 g/mol. The van der Waals surface area contributed by atoms with Crippen LogP contribution in [0.5, 0.6) is 0 Å². The zero-order chi connectivity index (χ0) is 12.8. The molecule has 4 nitrogen and oxygen atoms in total. The lowest BCUT2D eigenvalue weighted by Gasteiger charge is -2.37. The van der Waals surface area contributed by atoms with E-state index < -0.39 is 0 Å². The molecule has 1 fully saturated rings. The zero-order valence-electron chi connectivity index (χ0n) is 11.6. The maximum Gasteiger partial charge on any atom is 0.236 e. The van der Waals surface area contributed by atoms with E-state index >= 15 is 0 Å². The Labute approximate surface area is 105 Å².